The SMILES string of the molecule is CCCCOCc1ccc(O)c(C)c1. The predicted octanol–water partition coefficient (Wildman–Crippen LogP) is 3.02. The second kappa shape index (κ2) is 5.66. The van der Waals surface area contributed by atoms with Gasteiger partial charge in [-0.1, -0.05) is 25.5 Å². The van der Waals surface area contributed by atoms with Crippen LogP contribution < -0.4 is 0 Å². The van der Waals surface area contributed by atoms with Crippen LogP contribution in [0.25, 0.3) is 0 Å². The summed E-state index contributed by atoms with van der Waals surface area (Å²) in [5.41, 5.74) is 2.03. The highest BCUT2D eigenvalue weighted by atomic mass is 16.5. The van der Waals surface area contributed by atoms with Crippen molar-refractivity contribution in [3.05, 3.63) is 29.3 Å². The number of unbranched alkanes of at least 4 members (excludes halogenated alkanes) is 1. The third kappa shape index (κ3) is 3.38. The first-order valence-electron chi connectivity index (χ1n) is 5.10. The van der Waals surface area contributed by atoms with Crippen molar-refractivity contribution in [3.8, 4) is 5.75 Å². The molecule has 0 radical (unpaired) electrons. The molecule has 0 fully saturated rings. The van der Waals surface area contributed by atoms with Crippen molar-refractivity contribution in [1.29, 1.82) is 0 Å². The Hall–Kier alpha value is -1.02. The molecule has 1 aromatic rings. The third-order valence-corrected chi connectivity index (χ3v) is 2.17. The maximum absolute atomic E-state index is 9.31. The van der Waals surface area contributed by atoms with E-state index in [1.807, 2.05) is 19.1 Å². The average molecular weight is 194 g/mol. The van der Waals surface area contributed by atoms with Crippen LogP contribution in [0.3, 0.4) is 0 Å². The maximum Gasteiger partial charge on any atom is 0.118 e. The standard InChI is InChI=1S/C12H18O2/c1-3-4-7-14-9-11-5-6-12(13)10(2)8-11/h5-6,8,13H,3-4,7,9H2,1-2H3. The average Bonchev–Trinajstić information content (AvgIpc) is 2.18. The molecule has 2 nitrogen and oxygen atoms in total. The molecule has 0 atom stereocenters. The van der Waals surface area contributed by atoms with E-state index in [9.17, 15) is 5.11 Å². The lowest BCUT2D eigenvalue weighted by Gasteiger charge is -2.05. The molecular formula is C12H18O2. The first-order chi connectivity index (χ1) is 6.74. The van der Waals surface area contributed by atoms with Crippen LogP contribution in [0.1, 0.15) is 30.9 Å². The highest BCUT2D eigenvalue weighted by molar-refractivity contribution is 5.34. The number of ether oxygens (including phenoxy) is 1. The molecule has 78 valence electrons. The minimum atomic E-state index is 0.349. The van der Waals surface area contributed by atoms with Gasteiger partial charge in [0.25, 0.3) is 0 Å². The van der Waals surface area contributed by atoms with Crippen molar-refractivity contribution < 1.29 is 9.84 Å². The molecule has 2 heteroatoms. The van der Waals surface area contributed by atoms with E-state index < -0.39 is 0 Å². The van der Waals surface area contributed by atoms with Crippen LogP contribution in [-0.2, 0) is 11.3 Å². The fraction of sp³-hybridized carbons (Fsp3) is 0.500. The molecule has 0 amide bonds. The number of aromatic hydroxyl groups is 1. The zero-order chi connectivity index (χ0) is 10.4. The molecule has 0 aliphatic heterocycles. The number of hydrogen-bond donors (Lipinski definition) is 1. The molecule has 0 saturated carbocycles. The molecule has 0 saturated heterocycles. The van der Waals surface area contributed by atoms with E-state index in [0.717, 1.165) is 30.6 Å². The minimum Gasteiger partial charge on any atom is -0.508 e. The van der Waals surface area contributed by atoms with Crippen molar-refractivity contribution in [3.63, 3.8) is 0 Å². The van der Waals surface area contributed by atoms with Crippen molar-refractivity contribution in [2.45, 2.75) is 33.3 Å². The zero-order valence-corrected chi connectivity index (χ0v) is 8.92. The molecule has 0 bridgehead atoms. The fourth-order valence-corrected chi connectivity index (χ4v) is 1.24. The lowest BCUT2D eigenvalue weighted by atomic mass is 10.1. The normalized spacial score (nSPS) is 10.4. The Morgan fingerprint density at radius 1 is 1.36 bits per heavy atom. The Morgan fingerprint density at radius 3 is 2.79 bits per heavy atom. The molecule has 0 spiro atoms. The Bertz CT molecular complexity index is 282. The van der Waals surface area contributed by atoms with Crippen LogP contribution in [0, 0.1) is 6.92 Å². The van der Waals surface area contributed by atoms with Gasteiger partial charge >= 0.3 is 0 Å². The highest BCUT2D eigenvalue weighted by Crippen LogP contribution is 2.17. The van der Waals surface area contributed by atoms with E-state index in [0.29, 0.717) is 12.4 Å². The quantitative estimate of drug-likeness (QED) is 0.730. The van der Waals surface area contributed by atoms with Crippen LogP contribution in [0.4, 0.5) is 0 Å². The summed E-state index contributed by atoms with van der Waals surface area (Å²) in [4.78, 5) is 0. The molecule has 0 aliphatic rings. The number of benzene rings is 1. The van der Waals surface area contributed by atoms with Gasteiger partial charge in [-0.3, -0.25) is 0 Å². The summed E-state index contributed by atoms with van der Waals surface area (Å²) < 4.78 is 5.47. The number of hydrogen-bond acceptors (Lipinski definition) is 2. The monoisotopic (exact) mass is 194 g/mol. The van der Waals surface area contributed by atoms with E-state index >= 15 is 0 Å². The maximum atomic E-state index is 9.31. The van der Waals surface area contributed by atoms with E-state index in [1.54, 1.807) is 6.07 Å². The van der Waals surface area contributed by atoms with E-state index in [1.165, 1.54) is 0 Å². The van der Waals surface area contributed by atoms with Gasteiger partial charge in [-0.25, -0.2) is 0 Å². The largest absolute Gasteiger partial charge is 0.508 e. The fourth-order valence-electron chi connectivity index (χ4n) is 1.24. The zero-order valence-electron chi connectivity index (χ0n) is 8.92. The van der Waals surface area contributed by atoms with Gasteiger partial charge in [-0.2, -0.15) is 0 Å². The summed E-state index contributed by atoms with van der Waals surface area (Å²) >= 11 is 0. The summed E-state index contributed by atoms with van der Waals surface area (Å²) in [6, 6.07) is 5.57. The molecule has 14 heavy (non-hydrogen) atoms. The first kappa shape index (κ1) is 11.1. The second-order valence-electron chi connectivity index (χ2n) is 3.53. The van der Waals surface area contributed by atoms with Crippen LogP contribution in [0.5, 0.6) is 5.75 Å². The molecule has 0 aromatic heterocycles. The van der Waals surface area contributed by atoms with Crippen molar-refractivity contribution >= 4 is 0 Å². The van der Waals surface area contributed by atoms with Gasteiger partial charge < -0.3 is 9.84 Å². The lowest BCUT2D eigenvalue weighted by molar-refractivity contribution is 0.118. The number of phenols is 1. The van der Waals surface area contributed by atoms with E-state index in [-0.39, 0.29) is 0 Å². The lowest BCUT2D eigenvalue weighted by Crippen LogP contribution is -1.95. The van der Waals surface area contributed by atoms with Crippen molar-refractivity contribution in [2.75, 3.05) is 6.61 Å². The minimum absolute atomic E-state index is 0.349. The first-order valence-corrected chi connectivity index (χ1v) is 5.10. The topological polar surface area (TPSA) is 29.5 Å². The molecular weight excluding hydrogens is 176 g/mol. The molecule has 0 unspecified atom stereocenters. The summed E-state index contributed by atoms with van der Waals surface area (Å²) in [6.45, 7) is 5.50. The molecule has 1 aromatic carbocycles. The smallest absolute Gasteiger partial charge is 0.118 e. The van der Waals surface area contributed by atoms with Crippen LogP contribution in [0.15, 0.2) is 18.2 Å². The van der Waals surface area contributed by atoms with Gasteiger partial charge in [-0.15, -0.1) is 0 Å². The summed E-state index contributed by atoms with van der Waals surface area (Å²) in [6.07, 6.45) is 2.27. The van der Waals surface area contributed by atoms with E-state index in [2.05, 4.69) is 6.92 Å². The van der Waals surface area contributed by atoms with Gasteiger partial charge in [0.15, 0.2) is 0 Å². The Morgan fingerprint density at radius 2 is 2.14 bits per heavy atom. The van der Waals surface area contributed by atoms with Crippen molar-refractivity contribution in [2.24, 2.45) is 0 Å². The van der Waals surface area contributed by atoms with Crippen molar-refractivity contribution in [1.82, 2.24) is 0 Å². The molecule has 1 N–H and O–H groups in total. The van der Waals surface area contributed by atoms with Crippen LogP contribution >= 0.6 is 0 Å². The second-order valence-corrected chi connectivity index (χ2v) is 3.53. The number of aryl methyl sites for hydroxylation is 1. The molecule has 0 heterocycles. The summed E-state index contributed by atoms with van der Waals surface area (Å²) in [5.74, 6) is 0.349. The summed E-state index contributed by atoms with van der Waals surface area (Å²) in [5, 5.41) is 9.31. The van der Waals surface area contributed by atoms with Gasteiger partial charge in [0.05, 0.1) is 6.61 Å². The van der Waals surface area contributed by atoms with Gasteiger partial charge in [0, 0.05) is 6.61 Å². The number of phenolic OH excluding ortho intramolecular Hbond substituents is 1. The van der Waals surface area contributed by atoms with Gasteiger partial charge in [0.2, 0.25) is 0 Å². The van der Waals surface area contributed by atoms with Crippen LogP contribution in [-0.4, -0.2) is 11.7 Å². The third-order valence-electron chi connectivity index (χ3n) is 2.17. The predicted molar refractivity (Wildman–Crippen MR) is 57.4 cm³/mol. The Labute approximate surface area is 85.5 Å². The van der Waals surface area contributed by atoms with Gasteiger partial charge in [-0.05, 0) is 30.5 Å². The Kier molecular flexibility index (Phi) is 4.47. The molecule has 1 rings (SSSR count). The summed E-state index contributed by atoms with van der Waals surface area (Å²) in [7, 11) is 0. The van der Waals surface area contributed by atoms with E-state index in [4.69, 9.17) is 4.74 Å². The number of rotatable bonds is 5. The highest BCUT2D eigenvalue weighted by Gasteiger charge is 1.97. The molecule has 0 aliphatic carbocycles. The van der Waals surface area contributed by atoms with Gasteiger partial charge in [0.1, 0.15) is 5.75 Å². The Balaban J connectivity index is 2.39. The van der Waals surface area contributed by atoms with Crippen LogP contribution in [0.2, 0.25) is 0 Å².